The van der Waals surface area contributed by atoms with Crippen LogP contribution in [0.5, 0.6) is 5.75 Å². The molecule has 1 aliphatic heterocycles. The molecule has 100 valence electrons. The Bertz CT molecular complexity index is 386. The van der Waals surface area contributed by atoms with Crippen LogP contribution in [-0.2, 0) is 10.2 Å². The Labute approximate surface area is 109 Å². The average Bonchev–Trinajstić information content (AvgIpc) is 2.28. The quantitative estimate of drug-likeness (QED) is 0.842. The second kappa shape index (κ2) is 5.72. The summed E-state index contributed by atoms with van der Waals surface area (Å²) in [6.45, 7) is 6.37. The van der Waals surface area contributed by atoms with Crippen molar-refractivity contribution >= 4 is 0 Å². The van der Waals surface area contributed by atoms with E-state index < -0.39 is 0 Å². The van der Waals surface area contributed by atoms with Gasteiger partial charge in [0, 0.05) is 11.5 Å². The Morgan fingerprint density at radius 1 is 1.44 bits per heavy atom. The second-order valence-corrected chi connectivity index (χ2v) is 5.25. The first-order chi connectivity index (χ1) is 8.66. The normalized spacial score (nSPS) is 19.1. The third kappa shape index (κ3) is 2.85. The highest BCUT2D eigenvalue weighted by molar-refractivity contribution is 5.35. The van der Waals surface area contributed by atoms with E-state index in [9.17, 15) is 0 Å². The maximum atomic E-state index is 5.87. The number of rotatable bonds is 6. The van der Waals surface area contributed by atoms with Gasteiger partial charge in [-0.05, 0) is 44.4 Å². The summed E-state index contributed by atoms with van der Waals surface area (Å²) in [4.78, 5) is 0. The first-order valence-corrected chi connectivity index (χ1v) is 6.73. The summed E-state index contributed by atoms with van der Waals surface area (Å²) in [5, 5.41) is 0. The zero-order chi connectivity index (χ0) is 13.0. The number of benzene rings is 1. The summed E-state index contributed by atoms with van der Waals surface area (Å²) in [6.07, 6.45) is 2.11. The summed E-state index contributed by atoms with van der Waals surface area (Å²) < 4.78 is 11.0. The molecule has 1 heterocycles. The monoisotopic (exact) mass is 249 g/mol. The van der Waals surface area contributed by atoms with Crippen LogP contribution >= 0.6 is 0 Å². The fraction of sp³-hybridized carbons (Fsp3) is 0.600. The van der Waals surface area contributed by atoms with E-state index in [0.717, 1.165) is 31.8 Å². The van der Waals surface area contributed by atoms with Gasteiger partial charge in [-0.1, -0.05) is 12.1 Å². The van der Waals surface area contributed by atoms with Crippen molar-refractivity contribution in [1.82, 2.24) is 0 Å². The molecule has 2 rings (SSSR count). The lowest BCUT2D eigenvalue weighted by Gasteiger charge is -2.42. The molecule has 3 nitrogen and oxygen atoms in total. The maximum Gasteiger partial charge on any atom is 0.119 e. The van der Waals surface area contributed by atoms with Crippen LogP contribution in [0.2, 0.25) is 0 Å². The second-order valence-electron chi connectivity index (χ2n) is 5.25. The molecule has 3 heteroatoms. The highest BCUT2D eigenvalue weighted by Gasteiger charge is 2.40. The Kier molecular flexibility index (Phi) is 4.25. The molecule has 1 aromatic rings. The van der Waals surface area contributed by atoms with Crippen molar-refractivity contribution < 1.29 is 9.47 Å². The van der Waals surface area contributed by atoms with Crippen molar-refractivity contribution in [2.45, 2.75) is 38.1 Å². The molecule has 0 bridgehead atoms. The van der Waals surface area contributed by atoms with E-state index >= 15 is 0 Å². The van der Waals surface area contributed by atoms with E-state index in [0.29, 0.717) is 6.61 Å². The van der Waals surface area contributed by atoms with Crippen molar-refractivity contribution in [1.29, 1.82) is 0 Å². The van der Waals surface area contributed by atoms with E-state index in [1.54, 1.807) is 0 Å². The SMILES string of the molecule is CCOc1cccc(C2(CCC(C)N)COC2)c1. The Hall–Kier alpha value is -1.06. The number of hydrogen-bond acceptors (Lipinski definition) is 3. The molecule has 1 unspecified atom stereocenters. The molecule has 0 saturated carbocycles. The van der Waals surface area contributed by atoms with Gasteiger partial charge in [-0.2, -0.15) is 0 Å². The molecule has 0 amide bonds. The molecular formula is C15H23NO2. The summed E-state index contributed by atoms with van der Waals surface area (Å²) in [7, 11) is 0. The van der Waals surface area contributed by atoms with E-state index in [4.69, 9.17) is 15.2 Å². The van der Waals surface area contributed by atoms with Crippen molar-refractivity contribution in [3.8, 4) is 5.75 Å². The molecule has 18 heavy (non-hydrogen) atoms. The van der Waals surface area contributed by atoms with Crippen LogP contribution in [0.1, 0.15) is 32.3 Å². The standard InChI is InChI=1S/C15H23NO2/c1-3-18-14-6-4-5-13(9-14)15(10-17-11-15)8-7-12(2)16/h4-6,9,12H,3,7-8,10-11,16H2,1-2H3. The summed E-state index contributed by atoms with van der Waals surface area (Å²) in [5.74, 6) is 0.946. The van der Waals surface area contributed by atoms with Gasteiger partial charge in [-0.3, -0.25) is 0 Å². The molecule has 1 aromatic carbocycles. The zero-order valence-corrected chi connectivity index (χ0v) is 11.3. The minimum absolute atomic E-state index is 0.154. The Morgan fingerprint density at radius 2 is 2.22 bits per heavy atom. The first kappa shape index (κ1) is 13.4. The minimum Gasteiger partial charge on any atom is -0.494 e. The summed E-state index contributed by atoms with van der Waals surface area (Å²) in [6, 6.07) is 8.63. The van der Waals surface area contributed by atoms with Crippen molar-refractivity contribution in [2.24, 2.45) is 5.73 Å². The van der Waals surface area contributed by atoms with E-state index in [1.807, 2.05) is 13.0 Å². The van der Waals surface area contributed by atoms with E-state index in [-0.39, 0.29) is 11.5 Å². The van der Waals surface area contributed by atoms with E-state index in [1.165, 1.54) is 5.56 Å². The lowest BCUT2D eigenvalue weighted by molar-refractivity contribution is -0.0657. The molecule has 1 aliphatic rings. The molecule has 0 aromatic heterocycles. The number of ether oxygens (including phenoxy) is 2. The van der Waals surface area contributed by atoms with Gasteiger partial charge in [-0.15, -0.1) is 0 Å². The van der Waals surface area contributed by atoms with Crippen LogP contribution in [0, 0.1) is 0 Å². The molecule has 0 radical (unpaired) electrons. The minimum atomic E-state index is 0.154. The van der Waals surface area contributed by atoms with Gasteiger partial charge in [0.05, 0.1) is 19.8 Å². The first-order valence-electron chi connectivity index (χ1n) is 6.73. The third-order valence-electron chi connectivity index (χ3n) is 3.59. The fourth-order valence-electron chi connectivity index (χ4n) is 2.39. The average molecular weight is 249 g/mol. The molecule has 1 saturated heterocycles. The van der Waals surface area contributed by atoms with Crippen molar-refractivity contribution in [2.75, 3.05) is 19.8 Å². The largest absolute Gasteiger partial charge is 0.494 e. The molecule has 2 N–H and O–H groups in total. The third-order valence-corrected chi connectivity index (χ3v) is 3.59. The van der Waals surface area contributed by atoms with Gasteiger partial charge in [0.15, 0.2) is 0 Å². The maximum absolute atomic E-state index is 5.87. The van der Waals surface area contributed by atoms with Gasteiger partial charge in [0.25, 0.3) is 0 Å². The van der Waals surface area contributed by atoms with Gasteiger partial charge in [0.2, 0.25) is 0 Å². The highest BCUT2D eigenvalue weighted by Crippen LogP contribution is 2.38. The molecule has 1 fully saturated rings. The topological polar surface area (TPSA) is 44.5 Å². The van der Waals surface area contributed by atoms with Crippen LogP contribution in [0.15, 0.2) is 24.3 Å². The number of hydrogen-bond donors (Lipinski definition) is 1. The zero-order valence-electron chi connectivity index (χ0n) is 11.3. The summed E-state index contributed by atoms with van der Waals surface area (Å²) in [5.41, 5.74) is 7.34. The van der Waals surface area contributed by atoms with Crippen molar-refractivity contribution in [3.63, 3.8) is 0 Å². The van der Waals surface area contributed by atoms with Crippen molar-refractivity contribution in [3.05, 3.63) is 29.8 Å². The molecular weight excluding hydrogens is 226 g/mol. The van der Waals surface area contributed by atoms with Crippen LogP contribution < -0.4 is 10.5 Å². The predicted molar refractivity (Wildman–Crippen MR) is 73.0 cm³/mol. The van der Waals surface area contributed by atoms with Crippen LogP contribution in [0.4, 0.5) is 0 Å². The van der Waals surface area contributed by atoms with Crippen LogP contribution in [0.25, 0.3) is 0 Å². The Balaban J connectivity index is 2.13. The number of nitrogens with two attached hydrogens (primary N) is 1. The predicted octanol–water partition coefficient (Wildman–Crippen LogP) is 2.48. The van der Waals surface area contributed by atoms with Crippen LogP contribution in [0.3, 0.4) is 0 Å². The van der Waals surface area contributed by atoms with Gasteiger partial charge < -0.3 is 15.2 Å². The van der Waals surface area contributed by atoms with Gasteiger partial charge in [0.1, 0.15) is 5.75 Å². The molecule has 0 aliphatic carbocycles. The molecule has 1 atom stereocenters. The highest BCUT2D eigenvalue weighted by atomic mass is 16.5. The fourth-order valence-corrected chi connectivity index (χ4v) is 2.39. The molecule has 0 spiro atoms. The lowest BCUT2D eigenvalue weighted by atomic mass is 9.74. The smallest absolute Gasteiger partial charge is 0.119 e. The summed E-state index contributed by atoms with van der Waals surface area (Å²) >= 11 is 0. The van der Waals surface area contributed by atoms with Gasteiger partial charge >= 0.3 is 0 Å². The van der Waals surface area contributed by atoms with Gasteiger partial charge in [-0.25, -0.2) is 0 Å². The van der Waals surface area contributed by atoms with E-state index in [2.05, 4.69) is 25.1 Å². The Morgan fingerprint density at radius 3 is 2.78 bits per heavy atom. The lowest BCUT2D eigenvalue weighted by Crippen LogP contribution is -2.47. The van der Waals surface area contributed by atoms with Crippen LogP contribution in [-0.4, -0.2) is 25.9 Å².